The van der Waals surface area contributed by atoms with E-state index in [0.717, 1.165) is 25.8 Å². The molecule has 3 N–H and O–H groups in total. The van der Waals surface area contributed by atoms with E-state index >= 15 is 0 Å². The number of nitrogens with two attached hydrogens (primary N) is 1. The highest BCUT2D eigenvalue weighted by molar-refractivity contribution is 5.77. The maximum absolute atomic E-state index is 11.3. The Morgan fingerprint density at radius 2 is 2.25 bits per heavy atom. The molecule has 5 nitrogen and oxygen atoms in total. The van der Waals surface area contributed by atoms with Gasteiger partial charge in [-0.2, -0.15) is 0 Å². The number of rotatable bonds is 7. The van der Waals surface area contributed by atoms with Crippen LogP contribution in [0.3, 0.4) is 0 Å². The Labute approximate surface area is 96.7 Å². The highest BCUT2D eigenvalue weighted by Gasteiger charge is 2.21. The number of carbonyl (C=O) groups is 1. The van der Waals surface area contributed by atoms with Crippen LogP contribution in [-0.2, 0) is 14.3 Å². The zero-order chi connectivity index (χ0) is 11.8. The standard InChI is InChI=1S/C11H22N2O3/c1-15-4-5-16-8-11(14)13-7-9-2-3-10(12)6-9/h9-10H,2-8,12H2,1H3,(H,13,14). The van der Waals surface area contributed by atoms with Crippen molar-refractivity contribution in [3.63, 3.8) is 0 Å². The lowest BCUT2D eigenvalue weighted by atomic mass is 10.1. The first-order chi connectivity index (χ1) is 7.72. The molecule has 0 aromatic heterocycles. The van der Waals surface area contributed by atoms with E-state index in [1.807, 2.05) is 0 Å². The summed E-state index contributed by atoms with van der Waals surface area (Å²) in [5, 5.41) is 2.86. The van der Waals surface area contributed by atoms with E-state index in [-0.39, 0.29) is 12.5 Å². The summed E-state index contributed by atoms with van der Waals surface area (Å²) in [7, 11) is 1.60. The predicted octanol–water partition coefficient (Wildman–Crippen LogP) is -0.107. The number of carbonyl (C=O) groups excluding carboxylic acids is 1. The predicted molar refractivity (Wildman–Crippen MR) is 61.0 cm³/mol. The molecular formula is C11H22N2O3. The number of ether oxygens (including phenoxy) is 2. The normalized spacial score (nSPS) is 24.6. The van der Waals surface area contributed by atoms with E-state index in [4.69, 9.17) is 15.2 Å². The van der Waals surface area contributed by atoms with Gasteiger partial charge in [-0.15, -0.1) is 0 Å². The lowest BCUT2D eigenvalue weighted by Gasteiger charge is -2.11. The van der Waals surface area contributed by atoms with Gasteiger partial charge in [0.25, 0.3) is 0 Å². The van der Waals surface area contributed by atoms with Gasteiger partial charge < -0.3 is 20.5 Å². The molecule has 16 heavy (non-hydrogen) atoms. The summed E-state index contributed by atoms with van der Waals surface area (Å²) in [5.41, 5.74) is 5.79. The fraction of sp³-hybridized carbons (Fsp3) is 0.909. The van der Waals surface area contributed by atoms with Crippen LogP contribution in [0.2, 0.25) is 0 Å². The van der Waals surface area contributed by atoms with Crippen molar-refractivity contribution in [3.8, 4) is 0 Å². The third-order valence-electron chi connectivity index (χ3n) is 2.83. The van der Waals surface area contributed by atoms with Gasteiger partial charge in [0.1, 0.15) is 6.61 Å². The minimum atomic E-state index is -0.0587. The molecule has 0 saturated heterocycles. The van der Waals surface area contributed by atoms with Gasteiger partial charge in [0, 0.05) is 19.7 Å². The summed E-state index contributed by atoms with van der Waals surface area (Å²) in [6.45, 7) is 1.81. The van der Waals surface area contributed by atoms with Crippen LogP contribution in [0.15, 0.2) is 0 Å². The smallest absolute Gasteiger partial charge is 0.246 e. The van der Waals surface area contributed by atoms with Gasteiger partial charge in [-0.3, -0.25) is 4.79 Å². The molecule has 5 heteroatoms. The largest absolute Gasteiger partial charge is 0.382 e. The Balaban J connectivity index is 1.97. The van der Waals surface area contributed by atoms with Crippen LogP contribution < -0.4 is 11.1 Å². The quantitative estimate of drug-likeness (QED) is 0.599. The number of hydrogen-bond donors (Lipinski definition) is 2. The molecule has 1 rings (SSSR count). The van der Waals surface area contributed by atoms with Crippen molar-refractivity contribution in [1.29, 1.82) is 0 Å². The van der Waals surface area contributed by atoms with E-state index in [1.165, 1.54) is 0 Å². The second-order valence-corrected chi connectivity index (χ2v) is 4.29. The van der Waals surface area contributed by atoms with E-state index < -0.39 is 0 Å². The topological polar surface area (TPSA) is 73.6 Å². The van der Waals surface area contributed by atoms with Gasteiger partial charge in [-0.1, -0.05) is 0 Å². The van der Waals surface area contributed by atoms with E-state index in [9.17, 15) is 4.79 Å². The molecule has 0 radical (unpaired) electrons. The number of methoxy groups -OCH3 is 1. The molecule has 94 valence electrons. The Morgan fingerprint density at radius 1 is 1.44 bits per heavy atom. The first-order valence-corrected chi connectivity index (χ1v) is 5.81. The Morgan fingerprint density at radius 3 is 2.88 bits per heavy atom. The minimum absolute atomic E-state index is 0.0587. The lowest BCUT2D eigenvalue weighted by Crippen LogP contribution is -2.32. The molecule has 0 heterocycles. The van der Waals surface area contributed by atoms with Crippen molar-refractivity contribution in [1.82, 2.24) is 5.32 Å². The fourth-order valence-electron chi connectivity index (χ4n) is 1.92. The zero-order valence-electron chi connectivity index (χ0n) is 9.91. The van der Waals surface area contributed by atoms with Crippen molar-refractivity contribution in [2.24, 2.45) is 11.7 Å². The number of amides is 1. The van der Waals surface area contributed by atoms with Crippen molar-refractivity contribution >= 4 is 5.91 Å². The third-order valence-corrected chi connectivity index (χ3v) is 2.83. The summed E-state index contributed by atoms with van der Waals surface area (Å²) >= 11 is 0. The van der Waals surface area contributed by atoms with Gasteiger partial charge in [0.2, 0.25) is 5.91 Å². The first kappa shape index (κ1) is 13.4. The van der Waals surface area contributed by atoms with Gasteiger partial charge in [0.05, 0.1) is 13.2 Å². The van der Waals surface area contributed by atoms with E-state index in [1.54, 1.807) is 7.11 Å². The molecule has 0 spiro atoms. The van der Waals surface area contributed by atoms with Crippen LogP contribution in [0.1, 0.15) is 19.3 Å². The highest BCUT2D eigenvalue weighted by Crippen LogP contribution is 2.22. The zero-order valence-corrected chi connectivity index (χ0v) is 9.91. The van der Waals surface area contributed by atoms with Crippen LogP contribution in [0.25, 0.3) is 0 Å². The summed E-state index contributed by atoms with van der Waals surface area (Å²) in [6.07, 6.45) is 3.21. The summed E-state index contributed by atoms with van der Waals surface area (Å²) < 4.78 is 9.92. The van der Waals surface area contributed by atoms with Crippen molar-refractivity contribution in [2.45, 2.75) is 25.3 Å². The molecule has 0 aromatic rings. The number of hydrogen-bond acceptors (Lipinski definition) is 4. The average Bonchev–Trinajstić information content (AvgIpc) is 2.68. The molecular weight excluding hydrogens is 208 g/mol. The number of nitrogens with one attached hydrogen (secondary N) is 1. The van der Waals surface area contributed by atoms with E-state index in [0.29, 0.717) is 25.2 Å². The van der Waals surface area contributed by atoms with Crippen LogP contribution in [0, 0.1) is 5.92 Å². The summed E-state index contributed by atoms with van der Waals surface area (Å²) in [5.74, 6) is 0.481. The Kier molecular flexibility index (Phi) is 6.37. The molecule has 1 saturated carbocycles. The van der Waals surface area contributed by atoms with Gasteiger partial charge in [-0.25, -0.2) is 0 Å². The van der Waals surface area contributed by atoms with Crippen LogP contribution in [-0.4, -0.2) is 45.4 Å². The minimum Gasteiger partial charge on any atom is -0.382 e. The van der Waals surface area contributed by atoms with Gasteiger partial charge in [0.15, 0.2) is 0 Å². The second kappa shape index (κ2) is 7.60. The van der Waals surface area contributed by atoms with Crippen molar-refractivity contribution < 1.29 is 14.3 Å². The fourth-order valence-corrected chi connectivity index (χ4v) is 1.92. The summed E-state index contributed by atoms with van der Waals surface area (Å²) in [4.78, 5) is 11.3. The second-order valence-electron chi connectivity index (χ2n) is 4.29. The van der Waals surface area contributed by atoms with Gasteiger partial charge >= 0.3 is 0 Å². The first-order valence-electron chi connectivity index (χ1n) is 5.81. The Bertz CT molecular complexity index is 211. The highest BCUT2D eigenvalue weighted by atomic mass is 16.5. The van der Waals surface area contributed by atoms with Crippen LogP contribution in [0.4, 0.5) is 0 Å². The molecule has 1 aliphatic carbocycles. The van der Waals surface area contributed by atoms with E-state index in [2.05, 4.69) is 5.32 Å². The summed E-state index contributed by atoms with van der Waals surface area (Å²) in [6, 6.07) is 0.319. The van der Waals surface area contributed by atoms with Crippen LogP contribution >= 0.6 is 0 Å². The van der Waals surface area contributed by atoms with Crippen molar-refractivity contribution in [2.75, 3.05) is 33.5 Å². The molecule has 2 unspecified atom stereocenters. The molecule has 0 bridgehead atoms. The molecule has 1 aliphatic rings. The van der Waals surface area contributed by atoms with Gasteiger partial charge in [-0.05, 0) is 25.2 Å². The van der Waals surface area contributed by atoms with Crippen LogP contribution in [0.5, 0.6) is 0 Å². The Hall–Kier alpha value is -0.650. The molecule has 2 atom stereocenters. The lowest BCUT2D eigenvalue weighted by molar-refractivity contribution is -0.126. The molecule has 0 aromatic carbocycles. The SMILES string of the molecule is COCCOCC(=O)NCC1CCC(N)C1. The van der Waals surface area contributed by atoms with Crippen molar-refractivity contribution in [3.05, 3.63) is 0 Å². The average molecular weight is 230 g/mol. The maximum Gasteiger partial charge on any atom is 0.246 e. The third kappa shape index (κ3) is 5.44. The molecule has 1 fully saturated rings. The molecule has 0 aliphatic heterocycles. The molecule has 1 amide bonds. The monoisotopic (exact) mass is 230 g/mol. The maximum atomic E-state index is 11.3.